The van der Waals surface area contributed by atoms with E-state index >= 15 is 0 Å². The molecule has 2 aromatic rings. The van der Waals surface area contributed by atoms with Crippen LogP contribution in [0.1, 0.15) is 37.8 Å². The van der Waals surface area contributed by atoms with Gasteiger partial charge >= 0.3 is 0 Å². The highest BCUT2D eigenvalue weighted by Gasteiger charge is 2.26. The second-order valence-electron chi connectivity index (χ2n) is 7.06. The maximum Gasteiger partial charge on any atom is 0.0708 e. The van der Waals surface area contributed by atoms with E-state index in [-0.39, 0.29) is 12.1 Å². The molecule has 1 N–H and O–H groups in total. The van der Waals surface area contributed by atoms with Crippen molar-refractivity contribution in [2.75, 3.05) is 32.1 Å². The van der Waals surface area contributed by atoms with Crippen LogP contribution in [0.2, 0.25) is 5.02 Å². The van der Waals surface area contributed by atoms with Gasteiger partial charge in [0.1, 0.15) is 0 Å². The van der Waals surface area contributed by atoms with Crippen LogP contribution in [-0.4, -0.2) is 43.3 Å². The largest absolute Gasteiger partial charge is 0.391 e. The second kappa shape index (κ2) is 10.6. The summed E-state index contributed by atoms with van der Waals surface area (Å²) in [5, 5.41) is 10.9. The number of anilines is 1. The molecule has 4 heteroatoms. The molecule has 1 aliphatic rings. The van der Waals surface area contributed by atoms with Gasteiger partial charge in [-0.15, -0.1) is 0 Å². The highest BCUT2D eigenvalue weighted by atomic mass is 35.5. The fourth-order valence-corrected chi connectivity index (χ4v) is 3.52. The minimum Gasteiger partial charge on any atom is -0.391 e. The molecule has 0 aromatic heterocycles. The molecule has 1 heterocycles. The van der Waals surface area contributed by atoms with Crippen LogP contribution in [0.25, 0.3) is 0 Å². The normalized spacial score (nSPS) is 17.0. The molecule has 26 heavy (non-hydrogen) atoms. The van der Waals surface area contributed by atoms with E-state index in [1.807, 2.05) is 51.4 Å². The zero-order valence-electron chi connectivity index (χ0n) is 16.1. The standard InChI is InChI=1S/C16H26N2O.C6H5Cl/c1-13(19)16(18-11-5-4-6-12-18)14-7-9-15(10-8-14)17(2)3;7-6-4-2-1-3-5-6/h7-10,13,16,19H,4-6,11-12H2,1-3H3;1-5H. The summed E-state index contributed by atoms with van der Waals surface area (Å²) in [7, 11) is 4.09. The van der Waals surface area contributed by atoms with Gasteiger partial charge in [-0.3, -0.25) is 4.90 Å². The summed E-state index contributed by atoms with van der Waals surface area (Å²) < 4.78 is 0. The number of piperidine rings is 1. The maximum absolute atomic E-state index is 10.1. The fourth-order valence-electron chi connectivity index (χ4n) is 3.38. The summed E-state index contributed by atoms with van der Waals surface area (Å²) >= 11 is 5.54. The summed E-state index contributed by atoms with van der Waals surface area (Å²) in [6.07, 6.45) is 3.49. The van der Waals surface area contributed by atoms with Crippen LogP contribution in [-0.2, 0) is 0 Å². The van der Waals surface area contributed by atoms with Crippen molar-refractivity contribution in [1.82, 2.24) is 4.90 Å². The van der Waals surface area contributed by atoms with Crippen molar-refractivity contribution in [2.24, 2.45) is 0 Å². The lowest BCUT2D eigenvalue weighted by Crippen LogP contribution is -2.38. The van der Waals surface area contributed by atoms with E-state index in [9.17, 15) is 5.11 Å². The Morgan fingerprint density at radius 1 is 0.923 bits per heavy atom. The summed E-state index contributed by atoms with van der Waals surface area (Å²) in [5.74, 6) is 0. The molecule has 1 saturated heterocycles. The first-order valence-corrected chi connectivity index (χ1v) is 9.77. The zero-order chi connectivity index (χ0) is 18.9. The number of hydrogen-bond acceptors (Lipinski definition) is 3. The number of aliphatic hydroxyl groups excluding tert-OH is 1. The number of aliphatic hydroxyl groups is 1. The zero-order valence-corrected chi connectivity index (χ0v) is 16.9. The molecule has 3 nitrogen and oxygen atoms in total. The van der Waals surface area contributed by atoms with Gasteiger partial charge in [0.05, 0.1) is 12.1 Å². The van der Waals surface area contributed by atoms with Gasteiger partial charge in [0.15, 0.2) is 0 Å². The first kappa shape index (κ1) is 20.8. The molecule has 2 atom stereocenters. The molecular formula is C22H31ClN2O. The molecule has 0 aliphatic carbocycles. The third kappa shape index (κ3) is 6.31. The van der Waals surface area contributed by atoms with Crippen LogP contribution in [0, 0.1) is 0 Å². The molecule has 0 radical (unpaired) electrons. The summed E-state index contributed by atoms with van der Waals surface area (Å²) in [5.41, 5.74) is 2.43. The molecule has 0 saturated carbocycles. The summed E-state index contributed by atoms with van der Waals surface area (Å²) in [6, 6.07) is 18.2. The Morgan fingerprint density at radius 2 is 1.50 bits per heavy atom. The molecule has 3 rings (SSSR count). The molecule has 1 aliphatic heterocycles. The van der Waals surface area contributed by atoms with E-state index in [4.69, 9.17) is 11.6 Å². The number of benzene rings is 2. The average Bonchev–Trinajstić information content (AvgIpc) is 2.64. The fraction of sp³-hybridized carbons (Fsp3) is 0.455. The topological polar surface area (TPSA) is 26.7 Å². The van der Waals surface area contributed by atoms with Crippen molar-refractivity contribution in [2.45, 2.75) is 38.3 Å². The highest BCUT2D eigenvalue weighted by Crippen LogP contribution is 2.28. The second-order valence-corrected chi connectivity index (χ2v) is 7.50. The lowest BCUT2D eigenvalue weighted by Gasteiger charge is -2.36. The van der Waals surface area contributed by atoms with E-state index in [0.29, 0.717) is 0 Å². The monoisotopic (exact) mass is 374 g/mol. The van der Waals surface area contributed by atoms with Crippen LogP contribution in [0.4, 0.5) is 5.69 Å². The summed E-state index contributed by atoms with van der Waals surface area (Å²) in [4.78, 5) is 4.53. The number of nitrogens with zero attached hydrogens (tertiary/aromatic N) is 2. The van der Waals surface area contributed by atoms with Crippen LogP contribution >= 0.6 is 11.6 Å². The average molecular weight is 375 g/mol. The molecule has 142 valence electrons. The van der Waals surface area contributed by atoms with Gasteiger partial charge < -0.3 is 10.0 Å². The quantitative estimate of drug-likeness (QED) is 0.815. The Morgan fingerprint density at radius 3 is 1.92 bits per heavy atom. The van der Waals surface area contributed by atoms with Crippen LogP contribution < -0.4 is 4.90 Å². The van der Waals surface area contributed by atoms with Gasteiger partial charge in [-0.05, 0) is 62.7 Å². The Balaban J connectivity index is 0.000000290. The number of likely N-dealkylation sites (tertiary alicyclic amines) is 1. The van der Waals surface area contributed by atoms with Crippen LogP contribution in [0.5, 0.6) is 0 Å². The Labute approximate surface area is 163 Å². The Kier molecular flexibility index (Phi) is 8.43. The number of rotatable bonds is 4. The van der Waals surface area contributed by atoms with Gasteiger partial charge in [-0.1, -0.05) is 48.4 Å². The number of halogens is 1. The van der Waals surface area contributed by atoms with Crippen LogP contribution in [0.3, 0.4) is 0 Å². The highest BCUT2D eigenvalue weighted by molar-refractivity contribution is 6.30. The first-order valence-electron chi connectivity index (χ1n) is 9.39. The van der Waals surface area contributed by atoms with Gasteiger partial charge in [0.25, 0.3) is 0 Å². The Bertz CT molecular complexity index is 622. The van der Waals surface area contributed by atoms with Crippen molar-refractivity contribution in [3.05, 3.63) is 65.2 Å². The third-order valence-corrected chi connectivity index (χ3v) is 4.98. The summed E-state index contributed by atoms with van der Waals surface area (Å²) in [6.45, 7) is 4.11. The van der Waals surface area contributed by atoms with E-state index in [1.54, 1.807) is 0 Å². The molecular weight excluding hydrogens is 344 g/mol. The van der Waals surface area contributed by atoms with E-state index in [2.05, 4.69) is 34.1 Å². The van der Waals surface area contributed by atoms with Gasteiger partial charge in [0.2, 0.25) is 0 Å². The predicted octanol–water partition coefficient (Wildman–Crippen LogP) is 5.00. The minimum atomic E-state index is -0.330. The van der Waals surface area contributed by atoms with Crippen molar-refractivity contribution in [3.63, 3.8) is 0 Å². The van der Waals surface area contributed by atoms with E-state index in [0.717, 1.165) is 18.1 Å². The lowest BCUT2D eigenvalue weighted by molar-refractivity contribution is 0.0483. The molecule has 0 amide bonds. The van der Waals surface area contributed by atoms with Gasteiger partial charge in [-0.2, -0.15) is 0 Å². The van der Waals surface area contributed by atoms with Gasteiger partial charge in [-0.25, -0.2) is 0 Å². The van der Waals surface area contributed by atoms with Crippen molar-refractivity contribution in [1.29, 1.82) is 0 Å². The minimum absolute atomic E-state index is 0.136. The molecule has 2 unspecified atom stereocenters. The van der Waals surface area contributed by atoms with Crippen molar-refractivity contribution < 1.29 is 5.11 Å². The first-order chi connectivity index (χ1) is 12.5. The molecule has 1 fully saturated rings. The van der Waals surface area contributed by atoms with E-state index in [1.165, 1.54) is 30.5 Å². The van der Waals surface area contributed by atoms with Crippen molar-refractivity contribution >= 4 is 17.3 Å². The predicted molar refractivity (Wildman–Crippen MR) is 112 cm³/mol. The van der Waals surface area contributed by atoms with E-state index < -0.39 is 0 Å². The van der Waals surface area contributed by atoms with Gasteiger partial charge in [0, 0.05) is 24.8 Å². The lowest BCUT2D eigenvalue weighted by atomic mass is 9.97. The molecule has 2 aromatic carbocycles. The van der Waals surface area contributed by atoms with Crippen LogP contribution in [0.15, 0.2) is 54.6 Å². The molecule has 0 bridgehead atoms. The van der Waals surface area contributed by atoms with Crippen molar-refractivity contribution in [3.8, 4) is 0 Å². The maximum atomic E-state index is 10.1. The molecule has 0 spiro atoms. The third-order valence-electron chi connectivity index (χ3n) is 4.73. The smallest absolute Gasteiger partial charge is 0.0708 e. The SMILES string of the molecule is CC(O)C(c1ccc(N(C)C)cc1)N1CCCCC1.Clc1ccccc1. The number of hydrogen-bond donors (Lipinski definition) is 1. The Hall–Kier alpha value is -1.55.